The van der Waals surface area contributed by atoms with Gasteiger partial charge in [0, 0.05) is 18.0 Å². The van der Waals surface area contributed by atoms with E-state index >= 15 is 0 Å². The van der Waals surface area contributed by atoms with Crippen LogP contribution in [0, 0.1) is 0 Å². The third-order valence-electron chi connectivity index (χ3n) is 2.70. The van der Waals surface area contributed by atoms with Crippen molar-refractivity contribution in [2.75, 3.05) is 0 Å². The highest BCUT2D eigenvalue weighted by molar-refractivity contribution is 9.10. The van der Waals surface area contributed by atoms with Crippen molar-refractivity contribution in [3.05, 3.63) is 52.9 Å². The number of hydrogen-bond acceptors (Lipinski definition) is 2. The highest BCUT2D eigenvalue weighted by Crippen LogP contribution is 2.22. The van der Waals surface area contributed by atoms with Gasteiger partial charge in [-0.25, -0.2) is 18.7 Å². The number of pyridine rings is 2. The van der Waals surface area contributed by atoms with Gasteiger partial charge in [0.05, 0.1) is 5.69 Å². The van der Waals surface area contributed by atoms with Gasteiger partial charge in [0.2, 0.25) is 0 Å². The maximum absolute atomic E-state index is 12.6. The van der Waals surface area contributed by atoms with Crippen molar-refractivity contribution in [2.45, 2.75) is 6.43 Å². The molecule has 3 heterocycles. The van der Waals surface area contributed by atoms with Gasteiger partial charge in [-0.1, -0.05) is 6.07 Å². The molecule has 3 nitrogen and oxygen atoms in total. The molecule has 96 valence electrons. The second kappa shape index (κ2) is 4.70. The molecule has 0 fully saturated rings. The van der Waals surface area contributed by atoms with Gasteiger partial charge in [-0.3, -0.25) is 0 Å². The van der Waals surface area contributed by atoms with Crippen molar-refractivity contribution >= 4 is 21.6 Å². The van der Waals surface area contributed by atoms with Crippen LogP contribution in [-0.2, 0) is 0 Å². The lowest BCUT2D eigenvalue weighted by atomic mass is 10.3. The predicted octanol–water partition coefficient (Wildman–Crippen LogP) is 4.10. The molecule has 3 aromatic rings. The highest BCUT2D eigenvalue weighted by Gasteiger charge is 2.10. The summed E-state index contributed by atoms with van der Waals surface area (Å²) in [6.07, 6.45) is 0.587. The Morgan fingerprint density at radius 3 is 2.58 bits per heavy atom. The molecule has 0 spiro atoms. The van der Waals surface area contributed by atoms with Crippen LogP contribution in [-0.4, -0.2) is 14.4 Å². The highest BCUT2D eigenvalue weighted by atomic mass is 79.9. The van der Waals surface area contributed by atoms with Gasteiger partial charge in [-0.15, -0.1) is 0 Å². The van der Waals surface area contributed by atoms with E-state index in [9.17, 15) is 8.78 Å². The molecule has 6 heteroatoms. The zero-order valence-corrected chi connectivity index (χ0v) is 11.2. The van der Waals surface area contributed by atoms with Gasteiger partial charge in [0.1, 0.15) is 15.9 Å². The molecule has 0 saturated carbocycles. The number of fused-ring (bicyclic) bond motifs is 1. The number of alkyl halides is 2. The van der Waals surface area contributed by atoms with Crippen LogP contribution >= 0.6 is 15.9 Å². The molecular formula is C13H8BrF2N3. The molecule has 0 aliphatic heterocycles. The fourth-order valence-electron chi connectivity index (χ4n) is 1.81. The first-order valence-electron chi connectivity index (χ1n) is 5.53. The third-order valence-corrected chi connectivity index (χ3v) is 3.15. The first kappa shape index (κ1) is 12.2. The topological polar surface area (TPSA) is 30.2 Å². The van der Waals surface area contributed by atoms with Crippen LogP contribution in [0.3, 0.4) is 0 Å². The van der Waals surface area contributed by atoms with Gasteiger partial charge in [0.25, 0.3) is 6.43 Å². The molecule has 0 unspecified atom stereocenters. The summed E-state index contributed by atoms with van der Waals surface area (Å²) in [5.74, 6) is 0. The van der Waals surface area contributed by atoms with Crippen LogP contribution in [0.2, 0.25) is 0 Å². The summed E-state index contributed by atoms with van der Waals surface area (Å²) in [4.78, 5) is 8.65. The van der Waals surface area contributed by atoms with Crippen molar-refractivity contribution < 1.29 is 8.78 Å². The summed E-state index contributed by atoms with van der Waals surface area (Å²) in [6, 6.07) is 8.43. The fraction of sp³-hybridized carbons (Fsp3) is 0.0769. The second-order valence-electron chi connectivity index (χ2n) is 4.00. The Balaban J connectivity index is 2.11. The van der Waals surface area contributed by atoms with E-state index in [1.54, 1.807) is 16.7 Å². The summed E-state index contributed by atoms with van der Waals surface area (Å²) in [5.41, 5.74) is 1.92. The Bertz CT molecular complexity index is 740. The minimum Gasteiger partial charge on any atom is -0.306 e. The average molecular weight is 324 g/mol. The summed E-state index contributed by atoms with van der Waals surface area (Å²) in [5, 5.41) is 0. The summed E-state index contributed by atoms with van der Waals surface area (Å²) in [7, 11) is 0. The van der Waals surface area contributed by atoms with Crippen molar-refractivity contribution in [2.24, 2.45) is 0 Å². The molecule has 0 aliphatic carbocycles. The monoisotopic (exact) mass is 323 g/mol. The van der Waals surface area contributed by atoms with E-state index in [1.807, 2.05) is 18.2 Å². The van der Waals surface area contributed by atoms with Gasteiger partial charge in [0.15, 0.2) is 0 Å². The van der Waals surface area contributed by atoms with Gasteiger partial charge >= 0.3 is 0 Å². The zero-order valence-electron chi connectivity index (χ0n) is 9.59. The van der Waals surface area contributed by atoms with Crippen molar-refractivity contribution in [3.63, 3.8) is 0 Å². The van der Waals surface area contributed by atoms with Gasteiger partial charge in [-0.2, -0.15) is 0 Å². The Hall–Kier alpha value is -1.82. The van der Waals surface area contributed by atoms with E-state index < -0.39 is 6.43 Å². The van der Waals surface area contributed by atoms with Crippen molar-refractivity contribution in [1.82, 2.24) is 14.4 Å². The number of hydrogen-bond donors (Lipinski definition) is 0. The second-order valence-corrected chi connectivity index (χ2v) is 4.81. The molecule has 0 aliphatic rings. The molecular weight excluding hydrogens is 316 g/mol. The summed E-state index contributed by atoms with van der Waals surface area (Å²) in [6.45, 7) is 0. The number of halogens is 3. The van der Waals surface area contributed by atoms with E-state index in [2.05, 4.69) is 25.9 Å². The fourth-order valence-corrected chi connectivity index (χ4v) is 2.16. The smallest absolute Gasteiger partial charge is 0.265 e. The van der Waals surface area contributed by atoms with E-state index in [-0.39, 0.29) is 5.56 Å². The maximum atomic E-state index is 12.6. The first-order chi connectivity index (χ1) is 9.13. The lowest BCUT2D eigenvalue weighted by Gasteiger charge is -1.99. The normalized spacial score (nSPS) is 11.4. The minimum atomic E-state index is -2.49. The quantitative estimate of drug-likeness (QED) is 0.665. The number of nitrogens with zero attached hydrogens (tertiary/aromatic N) is 3. The predicted molar refractivity (Wildman–Crippen MR) is 71.1 cm³/mol. The third kappa shape index (κ3) is 2.35. The molecule has 0 N–H and O–H groups in total. The molecule has 0 atom stereocenters. The Labute approximate surface area is 116 Å². The van der Waals surface area contributed by atoms with Crippen LogP contribution in [0.1, 0.15) is 12.0 Å². The van der Waals surface area contributed by atoms with E-state index in [1.165, 1.54) is 12.3 Å². The Kier molecular flexibility index (Phi) is 3.02. The minimum absolute atomic E-state index is 0.0290. The summed E-state index contributed by atoms with van der Waals surface area (Å²) >= 11 is 3.29. The molecule has 19 heavy (non-hydrogen) atoms. The van der Waals surface area contributed by atoms with Crippen LogP contribution in [0.15, 0.2) is 47.3 Å². The maximum Gasteiger partial charge on any atom is 0.265 e. The molecule has 0 bridgehead atoms. The average Bonchev–Trinajstić information content (AvgIpc) is 2.81. The van der Waals surface area contributed by atoms with Crippen molar-refractivity contribution in [1.29, 1.82) is 0 Å². The number of aromatic nitrogens is 3. The Morgan fingerprint density at radius 2 is 1.84 bits per heavy atom. The Morgan fingerprint density at radius 1 is 1.00 bits per heavy atom. The van der Waals surface area contributed by atoms with Crippen LogP contribution in [0.4, 0.5) is 8.78 Å². The molecule has 0 radical (unpaired) electrons. The molecule has 0 amide bonds. The lowest BCUT2D eigenvalue weighted by Crippen LogP contribution is -1.89. The van der Waals surface area contributed by atoms with Crippen LogP contribution < -0.4 is 0 Å². The lowest BCUT2D eigenvalue weighted by molar-refractivity contribution is 0.151. The number of rotatable bonds is 2. The molecule has 3 aromatic heterocycles. The van der Waals surface area contributed by atoms with E-state index in [4.69, 9.17) is 0 Å². The molecule has 0 saturated heterocycles. The van der Waals surface area contributed by atoms with Crippen LogP contribution in [0.25, 0.3) is 17.0 Å². The van der Waals surface area contributed by atoms with Gasteiger partial charge < -0.3 is 4.40 Å². The largest absolute Gasteiger partial charge is 0.306 e. The van der Waals surface area contributed by atoms with Crippen LogP contribution in [0.5, 0.6) is 0 Å². The van der Waals surface area contributed by atoms with Gasteiger partial charge in [-0.05, 0) is 40.2 Å². The molecule has 3 rings (SSSR count). The van der Waals surface area contributed by atoms with E-state index in [0.29, 0.717) is 21.6 Å². The first-order valence-corrected chi connectivity index (χ1v) is 6.32. The SMILES string of the molecule is FC(F)c1ccc2nc(-c3cccc(Br)n3)cn2c1. The van der Waals surface area contributed by atoms with Crippen molar-refractivity contribution in [3.8, 4) is 11.4 Å². The standard InChI is InChI=1S/C13H8BrF2N3/c14-11-3-1-2-9(17-11)10-7-19-6-8(13(15)16)4-5-12(19)18-10/h1-7,13H. The number of imidazole rings is 1. The molecule has 0 aromatic carbocycles. The zero-order chi connectivity index (χ0) is 13.4. The summed E-state index contributed by atoms with van der Waals surface area (Å²) < 4.78 is 27.5. The van der Waals surface area contributed by atoms with E-state index in [0.717, 1.165) is 0 Å².